The summed E-state index contributed by atoms with van der Waals surface area (Å²) in [5.41, 5.74) is 35.9. The van der Waals surface area contributed by atoms with Crippen molar-refractivity contribution >= 4 is 241 Å². The van der Waals surface area contributed by atoms with Gasteiger partial charge in [0.2, 0.25) is 0 Å². The van der Waals surface area contributed by atoms with Crippen molar-refractivity contribution in [3.05, 3.63) is 152 Å². The number of hydrogen-bond donors (Lipinski definition) is 0. The number of fused-ring (bicyclic) bond motifs is 7. The summed E-state index contributed by atoms with van der Waals surface area (Å²) in [6.07, 6.45) is 0. The zero-order valence-corrected chi connectivity index (χ0v) is 48.7. The number of aromatic nitrogens is 3. The Hall–Kier alpha value is -7.95. The van der Waals surface area contributed by atoms with Gasteiger partial charge in [0.15, 0.2) is 5.82 Å². The first-order valence-corrected chi connectivity index (χ1v) is 28.2. The summed E-state index contributed by atoms with van der Waals surface area (Å²) in [6, 6.07) is 53.7. The van der Waals surface area contributed by atoms with Crippen LogP contribution < -0.4 is 76.5 Å². The van der Waals surface area contributed by atoms with Crippen LogP contribution in [0.4, 0.5) is 0 Å². The van der Waals surface area contributed by atoms with Gasteiger partial charge < -0.3 is 8.98 Å². The summed E-state index contributed by atoms with van der Waals surface area (Å²) in [5, 5.41) is 7.63. The van der Waals surface area contributed by atoms with E-state index in [1.165, 1.54) is 131 Å². The second-order valence-electron chi connectivity index (χ2n) is 22.9. The van der Waals surface area contributed by atoms with E-state index >= 15 is 0 Å². The molecule has 3 aromatic heterocycles. The fourth-order valence-electron chi connectivity index (χ4n) is 13.7. The van der Waals surface area contributed by atoms with Crippen LogP contribution in [-0.4, -0.2) is 124 Å². The highest BCUT2D eigenvalue weighted by Gasteiger charge is 2.29. The van der Waals surface area contributed by atoms with Crippen molar-refractivity contribution in [2.24, 2.45) is 0 Å². The zero-order chi connectivity index (χ0) is 55.7. The van der Waals surface area contributed by atoms with Crippen molar-refractivity contribution in [2.75, 3.05) is 0 Å². The van der Waals surface area contributed by atoms with Crippen LogP contribution >= 0.6 is 0 Å². The minimum atomic E-state index is 0.662. The molecule has 18 heteroatoms. The molecule has 0 atom stereocenters. The van der Waals surface area contributed by atoms with E-state index in [1.807, 2.05) is 0 Å². The Morgan fingerprint density at radius 1 is 0.300 bits per heavy atom. The molecular formula is C62H53B14N3O. The van der Waals surface area contributed by atoms with E-state index in [0.717, 1.165) is 66.7 Å². The summed E-state index contributed by atoms with van der Waals surface area (Å²) in [5.74, 6) is 0.662. The van der Waals surface area contributed by atoms with E-state index in [2.05, 4.69) is 266 Å². The van der Waals surface area contributed by atoms with Gasteiger partial charge in [-0.3, -0.25) is 0 Å². The maximum atomic E-state index is 6.93. The predicted octanol–water partition coefficient (Wildman–Crippen LogP) is -7.75. The van der Waals surface area contributed by atoms with E-state index in [1.54, 1.807) is 0 Å². The summed E-state index contributed by atoms with van der Waals surface area (Å²) < 4.78 is 9.62. The number of benzene rings is 10. The molecule has 0 bridgehead atoms. The summed E-state index contributed by atoms with van der Waals surface area (Å²) >= 11 is 0. The average Bonchev–Trinajstić information content (AvgIpc) is 2.91. The van der Waals surface area contributed by atoms with Gasteiger partial charge >= 0.3 is 0 Å². The van der Waals surface area contributed by atoms with E-state index in [0.29, 0.717) is 5.82 Å². The first kappa shape index (κ1) is 51.5. The van der Waals surface area contributed by atoms with Crippen LogP contribution in [0.15, 0.2) is 156 Å². The van der Waals surface area contributed by atoms with Crippen molar-refractivity contribution in [1.82, 2.24) is 14.5 Å². The lowest BCUT2D eigenvalue weighted by molar-refractivity contribution is 0.669. The second kappa shape index (κ2) is 19.4. The summed E-state index contributed by atoms with van der Waals surface area (Å²) in [7, 11) is 32.7. The van der Waals surface area contributed by atoms with Gasteiger partial charge in [-0.25, -0.2) is 9.97 Å². The summed E-state index contributed by atoms with van der Waals surface area (Å²) in [4.78, 5) is 10.9. The van der Waals surface area contributed by atoms with Crippen LogP contribution in [0.2, 0.25) is 0 Å². The third-order valence-electron chi connectivity index (χ3n) is 18.9. The molecule has 0 saturated carbocycles. The van der Waals surface area contributed by atoms with E-state index in [9.17, 15) is 0 Å². The molecule has 3 heterocycles. The number of rotatable bonds is 7. The molecule has 0 fully saturated rings. The average molecular weight is 1010 g/mol. The molecule has 0 unspecified atom stereocenters. The van der Waals surface area contributed by atoms with Gasteiger partial charge in [-0.2, -0.15) is 0 Å². The quantitative estimate of drug-likeness (QED) is 0.150. The van der Waals surface area contributed by atoms with Crippen LogP contribution in [0.5, 0.6) is 0 Å². The molecule has 10 aromatic carbocycles. The molecule has 0 aliphatic heterocycles. The van der Waals surface area contributed by atoms with Gasteiger partial charge in [-0.1, -0.05) is 187 Å². The number of furan rings is 1. The lowest BCUT2D eigenvalue weighted by Crippen LogP contribution is -2.50. The molecule has 4 nitrogen and oxygen atoms in total. The van der Waals surface area contributed by atoms with Crippen molar-refractivity contribution in [1.29, 1.82) is 0 Å². The molecule has 0 aliphatic rings. The fraction of sp³-hybridized carbons (Fsp3) is 0. The molecule has 364 valence electrons. The Morgan fingerprint density at radius 3 is 1.34 bits per heavy atom. The lowest BCUT2D eigenvalue weighted by atomic mass is 9.60. The smallest absolute Gasteiger partial charge is 0.160 e. The number of nitrogens with zero attached hydrogens (tertiary/aromatic N) is 3. The van der Waals surface area contributed by atoms with Crippen molar-refractivity contribution in [3.8, 4) is 73.0 Å². The minimum Gasteiger partial charge on any atom is -0.456 e. The van der Waals surface area contributed by atoms with E-state index in [4.69, 9.17) is 14.4 Å². The first-order chi connectivity index (χ1) is 38.5. The highest BCUT2D eigenvalue weighted by atomic mass is 16.3. The molecule has 0 spiro atoms. The molecule has 80 heavy (non-hydrogen) atoms. The Kier molecular flexibility index (Phi) is 12.5. The van der Waals surface area contributed by atoms with Crippen molar-refractivity contribution in [3.63, 3.8) is 0 Å². The number of para-hydroxylation sites is 1. The molecule has 0 amide bonds. The second-order valence-corrected chi connectivity index (χ2v) is 22.9. The fourth-order valence-corrected chi connectivity index (χ4v) is 13.7. The van der Waals surface area contributed by atoms with E-state index < -0.39 is 0 Å². The molecule has 0 saturated heterocycles. The Bertz CT molecular complexity index is 4660. The Morgan fingerprint density at radius 2 is 0.750 bits per heavy atom. The predicted molar refractivity (Wildman–Crippen MR) is 388 cm³/mol. The van der Waals surface area contributed by atoms with Gasteiger partial charge in [-0.15, -0.1) is 16.4 Å². The van der Waals surface area contributed by atoms with Gasteiger partial charge in [-0.05, 0) is 73.8 Å². The van der Waals surface area contributed by atoms with Gasteiger partial charge in [0, 0.05) is 49.6 Å². The van der Waals surface area contributed by atoms with Gasteiger partial charge in [0.25, 0.3) is 0 Å². The highest BCUT2D eigenvalue weighted by Crippen LogP contribution is 2.41. The van der Waals surface area contributed by atoms with Gasteiger partial charge in [0.05, 0.1) is 11.4 Å². The molecular weight excluding hydrogens is 954 g/mol. The standard InChI is InChI=1S/C62H53B14N3O/c63-45-41-42(49(67)53(71)52(70)48(41)66)51(69)59-43(45)44-50(68)54(72)55(73)58(76)60(44)79(59)61-56(74)46(64)39(47(65)57(61)75)32-23-34(40-33-13-7-8-14-37(33)80-38(40)24-32)36-25-35(30-19-15-28(16-20-30)26-9-3-1-4-10-26)77-62(78-36)31-21-17-29(18-22-31)27-11-5-2-6-12-27/h1-25H,63-76H2. The number of hydrogen-bond acceptors (Lipinski definition) is 3. The summed E-state index contributed by atoms with van der Waals surface area (Å²) in [6.45, 7) is 0. The largest absolute Gasteiger partial charge is 0.456 e. The maximum Gasteiger partial charge on any atom is 0.160 e. The molecule has 13 rings (SSSR count). The SMILES string of the molecule is Bc1c(B)c(-n2c3c(B)c(B)c(B)c(B)c3c3c(B)c4c(B)c(B)c(B)c(B)c4c(B)c32)c(B)c(B)c1-c1cc(-c2cc(-c3ccc(-c4ccccc4)cc3)nc(-c3ccc(-c4ccccc4)cc3)n2)c2c(c1)oc1ccccc12. The molecule has 13 aromatic rings. The Balaban J connectivity index is 1.07. The lowest BCUT2D eigenvalue weighted by Gasteiger charge is -2.26. The van der Waals surface area contributed by atoms with Crippen LogP contribution in [0.3, 0.4) is 0 Å². The Labute approximate surface area is 481 Å². The minimum absolute atomic E-state index is 0.662. The molecule has 0 aliphatic carbocycles. The van der Waals surface area contributed by atoms with Crippen LogP contribution in [0, 0.1) is 0 Å². The molecule has 0 N–H and O–H groups in total. The van der Waals surface area contributed by atoms with Crippen LogP contribution in [-0.2, 0) is 0 Å². The maximum absolute atomic E-state index is 6.93. The first-order valence-electron chi connectivity index (χ1n) is 28.2. The van der Waals surface area contributed by atoms with Crippen LogP contribution in [0.1, 0.15) is 0 Å². The van der Waals surface area contributed by atoms with Crippen molar-refractivity contribution in [2.45, 2.75) is 0 Å². The van der Waals surface area contributed by atoms with E-state index in [-0.39, 0.29) is 0 Å². The highest BCUT2D eigenvalue weighted by molar-refractivity contribution is 6.74. The third kappa shape index (κ3) is 7.79. The zero-order valence-electron chi connectivity index (χ0n) is 48.7. The molecule has 0 radical (unpaired) electrons. The van der Waals surface area contributed by atoms with Crippen LogP contribution in [0.25, 0.3) is 127 Å². The van der Waals surface area contributed by atoms with Gasteiger partial charge in [0.1, 0.15) is 121 Å². The van der Waals surface area contributed by atoms with Crippen molar-refractivity contribution < 1.29 is 4.42 Å². The third-order valence-corrected chi connectivity index (χ3v) is 18.9. The normalized spacial score (nSPS) is 11.7. The monoisotopic (exact) mass is 1010 g/mol. The topological polar surface area (TPSA) is 43.9 Å².